The maximum atomic E-state index is 10.7. The second kappa shape index (κ2) is 2.23. The summed E-state index contributed by atoms with van der Waals surface area (Å²) in [6.45, 7) is 0. The number of hydrogen-bond donors (Lipinski definition) is 3. The van der Waals surface area contributed by atoms with Crippen LogP contribution in [0.25, 0.3) is 0 Å². The number of anilines is 1. The molecule has 1 aliphatic rings. The van der Waals surface area contributed by atoms with Gasteiger partial charge in [-0.1, -0.05) is 0 Å². The number of hydrogen-bond acceptors (Lipinski definition) is 3. The number of aryl methyl sites for hydroxylation is 1. The van der Waals surface area contributed by atoms with Crippen molar-refractivity contribution < 1.29 is 9.90 Å². The van der Waals surface area contributed by atoms with Gasteiger partial charge in [0.05, 0.1) is 5.92 Å². The van der Waals surface area contributed by atoms with Crippen molar-refractivity contribution in [1.29, 1.82) is 0 Å². The van der Waals surface area contributed by atoms with E-state index in [1.807, 2.05) is 0 Å². The molecule has 1 aromatic heterocycles. The third kappa shape index (κ3) is 0.792. The van der Waals surface area contributed by atoms with Crippen molar-refractivity contribution in [3.8, 4) is 0 Å². The molecular formula is C7H9N3O2. The topological polar surface area (TPSA) is 92.0 Å². The minimum Gasteiger partial charge on any atom is -0.481 e. The molecule has 1 unspecified atom stereocenters. The van der Waals surface area contributed by atoms with Crippen LogP contribution in [0.15, 0.2) is 0 Å². The molecule has 0 spiro atoms. The van der Waals surface area contributed by atoms with Crippen LogP contribution in [-0.4, -0.2) is 21.3 Å². The van der Waals surface area contributed by atoms with Crippen LogP contribution in [0.2, 0.25) is 0 Å². The lowest BCUT2D eigenvalue weighted by molar-refractivity contribution is -0.138. The van der Waals surface area contributed by atoms with E-state index in [4.69, 9.17) is 10.8 Å². The van der Waals surface area contributed by atoms with Gasteiger partial charge in [0.15, 0.2) is 0 Å². The fraction of sp³-hybridized carbons (Fsp3) is 0.429. The summed E-state index contributed by atoms with van der Waals surface area (Å²) in [6.07, 6.45) is 1.36. The molecule has 1 aromatic rings. The minimum absolute atomic E-state index is 0.329. The molecule has 0 saturated heterocycles. The van der Waals surface area contributed by atoms with Gasteiger partial charge in [0.25, 0.3) is 0 Å². The summed E-state index contributed by atoms with van der Waals surface area (Å²) in [5.41, 5.74) is 7.07. The first-order valence-electron chi connectivity index (χ1n) is 3.75. The molecule has 4 N–H and O–H groups in total. The molecule has 0 saturated carbocycles. The Balaban J connectivity index is 2.46. The first-order valence-corrected chi connectivity index (χ1v) is 3.75. The van der Waals surface area contributed by atoms with Crippen LogP contribution in [0.5, 0.6) is 0 Å². The van der Waals surface area contributed by atoms with E-state index in [0.717, 1.165) is 12.1 Å². The zero-order valence-corrected chi connectivity index (χ0v) is 6.37. The van der Waals surface area contributed by atoms with Gasteiger partial charge in [-0.3, -0.25) is 9.89 Å². The SMILES string of the molecule is Nc1n[nH]c2c1C(C(=O)O)CC2. The summed E-state index contributed by atoms with van der Waals surface area (Å²) < 4.78 is 0. The lowest BCUT2D eigenvalue weighted by Crippen LogP contribution is -2.09. The summed E-state index contributed by atoms with van der Waals surface area (Å²) in [5.74, 6) is -0.949. The Hall–Kier alpha value is -1.52. The number of fused-ring (bicyclic) bond motifs is 1. The van der Waals surface area contributed by atoms with Gasteiger partial charge in [-0.25, -0.2) is 0 Å². The number of nitrogens with one attached hydrogen (secondary N) is 1. The molecule has 5 nitrogen and oxygen atoms in total. The van der Waals surface area contributed by atoms with Gasteiger partial charge < -0.3 is 10.8 Å². The number of aliphatic carboxylic acids is 1. The number of aromatic amines is 1. The third-order valence-corrected chi connectivity index (χ3v) is 2.24. The van der Waals surface area contributed by atoms with Crippen molar-refractivity contribution in [3.05, 3.63) is 11.3 Å². The van der Waals surface area contributed by atoms with E-state index in [9.17, 15) is 4.79 Å². The van der Waals surface area contributed by atoms with Gasteiger partial charge in [-0.2, -0.15) is 5.10 Å². The second-order valence-corrected chi connectivity index (χ2v) is 2.93. The Kier molecular flexibility index (Phi) is 1.33. The lowest BCUT2D eigenvalue weighted by Gasteiger charge is -2.02. The van der Waals surface area contributed by atoms with Gasteiger partial charge in [-0.15, -0.1) is 0 Å². The smallest absolute Gasteiger partial charge is 0.311 e. The Morgan fingerprint density at radius 3 is 3.17 bits per heavy atom. The molecule has 0 aromatic carbocycles. The van der Waals surface area contributed by atoms with E-state index in [1.165, 1.54) is 0 Å². The zero-order chi connectivity index (χ0) is 8.72. The Morgan fingerprint density at radius 2 is 2.50 bits per heavy atom. The fourth-order valence-corrected chi connectivity index (χ4v) is 1.66. The largest absolute Gasteiger partial charge is 0.481 e. The number of H-pyrrole nitrogens is 1. The predicted octanol–water partition coefficient (Wildman–Crippen LogP) is 0.106. The molecule has 0 amide bonds. The quantitative estimate of drug-likeness (QED) is 0.553. The van der Waals surface area contributed by atoms with Crippen LogP contribution >= 0.6 is 0 Å². The monoisotopic (exact) mass is 167 g/mol. The molecule has 5 heteroatoms. The number of carboxylic acids is 1. The highest BCUT2D eigenvalue weighted by molar-refractivity contribution is 5.79. The summed E-state index contributed by atoms with van der Waals surface area (Å²) in [6, 6.07) is 0. The molecule has 1 aliphatic carbocycles. The van der Waals surface area contributed by atoms with Gasteiger partial charge in [-0.05, 0) is 12.8 Å². The first-order chi connectivity index (χ1) is 5.70. The number of nitrogens with zero attached hydrogens (tertiary/aromatic N) is 1. The fourth-order valence-electron chi connectivity index (χ4n) is 1.66. The first kappa shape index (κ1) is 7.15. The number of carbonyl (C=O) groups is 1. The van der Waals surface area contributed by atoms with Crippen molar-refractivity contribution in [1.82, 2.24) is 10.2 Å². The molecule has 0 radical (unpaired) electrons. The minimum atomic E-state index is -0.818. The molecule has 0 bridgehead atoms. The summed E-state index contributed by atoms with van der Waals surface area (Å²) in [4.78, 5) is 10.7. The zero-order valence-electron chi connectivity index (χ0n) is 6.37. The van der Waals surface area contributed by atoms with Crippen molar-refractivity contribution in [2.24, 2.45) is 0 Å². The number of nitrogen functional groups attached to an aromatic ring is 1. The highest BCUT2D eigenvalue weighted by atomic mass is 16.4. The van der Waals surface area contributed by atoms with E-state index >= 15 is 0 Å². The normalized spacial score (nSPS) is 20.8. The Labute approximate surface area is 68.6 Å². The van der Waals surface area contributed by atoms with Crippen molar-refractivity contribution in [2.75, 3.05) is 5.73 Å². The second-order valence-electron chi connectivity index (χ2n) is 2.93. The summed E-state index contributed by atoms with van der Waals surface area (Å²) in [7, 11) is 0. The van der Waals surface area contributed by atoms with Crippen LogP contribution < -0.4 is 5.73 Å². The van der Waals surface area contributed by atoms with Crippen LogP contribution in [0, 0.1) is 0 Å². The van der Waals surface area contributed by atoms with E-state index in [0.29, 0.717) is 17.8 Å². The molecule has 64 valence electrons. The Morgan fingerprint density at radius 1 is 1.75 bits per heavy atom. The van der Waals surface area contributed by atoms with Gasteiger partial charge in [0.1, 0.15) is 5.82 Å². The average Bonchev–Trinajstić information content (AvgIpc) is 2.53. The number of nitrogens with two attached hydrogens (primary N) is 1. The van der Waals surface area contributed by atoms with Crippen LogP contribution in [-0.2, 0) is 11.2 Å². The van der Waals surface area contributed by atoms with Crippen LogP contribution in [0.3, 0.4) is 0 Å². The van der Waals surface area contributed by atoms with Crippen molar-refractivity contribution >= 4 is 11.8 Å². The Bertz CT molecular complexity index is 331. The molecule has 1 atom stereocenters. The maximum Gasteiger partial charge on any atom is 0.311 e. The van der Waals surface area contributed by atoms with Crippen molar-refractivity contribution in [2.45, 2.75) is 18.8 Å². The molecule has 0 fully saturated rings. The van der Waals surface area contributed by atoms with Crippen molar-refractivity contribution in [3.63, 3.8) is 0 Å². The van der Waals surface area contributed by atoms with E-state index in [1.54, 1.807) is 0 Å². The highest BCUT2D eigenvalue weighted by Gasteiger charge is 2.32. The third-order valence-electron chi connectivity index (χ3n) is 2.24. The van der Waals surface area contributed by atoms with E-state index in [2.05, 4.69) is 10.2 Å². The van der Waals surface area contributed by atoms with E-state index in [-0.39, 0.29) is 0 Å². The van der Waals surface area contributed by atoms with Gasteiger partial charge in [0, 0.05) is 11.3 Å². The van der Waals surface area contributed by atoms with E-state index < -0.39 is 11.9 Å². The maximum absolute atomic E-state index is 10.7. The standard InChI is InChI=1S/C7H9N3O2/c8-6-5-3(7(11)12)1-2-4(5)9-10-6/h3H,1-2H2,(H,11,12)(H3,8,9,10). The molecule has 12 heavy (non-hydrogen) atoms. The molecule has 0 aliphatic heterocycles. The highest BCUT2D eigenvalue weighted by Crippen LogP contribution is 2.35. The number of aromatic nitrogens is 2. The number of carboxylic acid groups (broad SMARTS) is 1. The number of rotatable bonds is 1. The molecular weight excluding hydrogens is 158 g/mol. The average molecular weight is 167 g/mol. The molecule has 2 rings (SSSR count). The van der Waals surface area contributed by atoms with Gasteiger partial charge in [0.2, 0.25) is 0 Å². The van der Waals surface area contributed by atoms with Gasteiger partial charge >= 0.3 is 5.97 Å². The predicted molar refractivity (Wildman–Crippen MR) is 41.7 cm³/mol. The molecule has 1 heterocycles. The summed E-state index contributed by atoms with van der Waals surface area (Å²) >= 11 is 0. The lowest BCUT2D eigenvalue weighted by atomic mass is 10.0. The van der Waals surface area contributed by atoms with Crippen LogP contribution in [0.4, 0.5) is 5.82 Å². The van der Waals surface area contributed by atoms with Crippen LogP contribution in [0.1, 0.15) is 23.6 Å². The summed E-state index contributed by atoms with van der Waals surface area (Å²) in [5, 5.41) is 15.3.